The summed E-state index contributed by atoms with van der Waals surface area (Å²) in [7, 11) is 0. The number of aryl methyl sites for hydroxylation is 2. The Morgan fingerprint density at radius 2 is 1.64 bits per heavy atom. The predicted octanol–water partition coefficient (Wildman–Crippen LogP) is 5.61. The van der Waals surface area contributed by atoms with Crippen molar-refractivity contribution in [2.75, 3.05) is 5.32 Å². The van der Waals surface area contributed by atoms with Gasteiger partial charge in [0.25, 0.3) is 11.8 Å². The van der Waals surface area contributed by atoms with Crippen LogP contribution < -0.4 is 10.6 Å². The van der Waals surface area contributed by atoms with Crippen LogP contribution >= 0.6 is 11.6 Å². The highest BCUT2D eigenvalue weighted by Gasteiger charge is 2.38. The zero-order valence-electron chi connectivity index (χ0n) is 21.8. The van der Waals surface area contributed by atoms with Crippen LogP contribution in [0.2, 0.25) is 5.02 Å². The summed E-state index contributed by atoms with van der Waals surface area (Å²) in [6.45, 7) is 12.4. The molecule has 7 nitrogen and oxygen atoms in total. The van der Waals surface area contributed by atoms with Gasteiger partial charge in [-0.3, -0.25) is 14.5 Å². The normalized spacial score (nSPS) is 12.8. The largest absolute Gasteiger partial charge is 0.444 e. The molecule has 2 rings (SSSR count). The molecule has 2 unspecified atom stereocenters. The standard InChI is InChI=1S/C28H34ClN3O4/c1-9-32(26(34)22(17(2)3)31-27(35)36-28(6,7)8)24(20-15-11-10-13-18(20)4)25(33)30-23-19(5)14-12-16-21(23)29/h1,10-17,22,24H,2-8H3,(H,30,33)(H,31,35). The first kappa shape index (κ1) is 28.7. The number of anilines is 1. The van der Waals surface area contributed by atoms with E-state index in [1.807, 2.05) is 32.0 Å². The zero-order chi connectivity index (χ0) is 27.2. The topological polar surface area (TPSA) is 87.7 Å². The van der Waals surface area contributed by atoms with Crippen LogP contribution in [-0.2, 0) is 14.3 Å². The zero-order valence-corrected chi connectivity index (χ0v) is 22.6. The van der Waals surface area contributed by atoms with Crippen molar-refractivity contribution >= 4 is 35.2 Å². The fraction of sp³-hybridized carbons (Fsp3) is 0.393. The molecule has 0 aromatic heterocycles. The summed E-state index contributed by atoms with van der Waals surface area (Å²) in [6, 6.07) is 12.6. The molecule has 0 radical (unpaired) electrons. The molecule has 2 aromatic carbocycles. The highest BCUT2D eigenvalue weighted by atomic mass is 35.5. The fourth-order valence-electron chi connectivity index (χ4n) is 3.64. The molecule has 0 fully saturated rings. The molecule has 2 aromatic rings. The van der Waals surface area contributed by atoms with Crippen molar-refractivity contribution in [3.8, 4) is 12.5 Å². The number of hydrogen-bond donors (Lipinski definition) is 2. The molecule has 0 spiro atoms. The Labute approximate surface area is 218 Å². The molecule has 8 heteroatoms. The van der Waals surface area contributed by atoms with E-state index in [-0.39, 0.29) is 5.92 Å². The molecule has 0 bridgehead atoms. The maximum atomic E-state index is 13.7. The summed E-state index contributed by atoms with van der Waals surface area (Å²) in [5.41, 5.74) is 1.74. The van der Waals surface area contributed by atoms with Gasteiger partial charge >= 0.3 is 6.09 Å². The third-order valence-electron chi connectivity index (χ3n) is 5.44. The SMILES string of the molecule is C#CN(C(=O)C(NC(=O)OC(C)(C)C)C(C)C)C(C(=O)Nc1c(C)cccc1Cl)c1ccccc1C. The predicted molar refractivity (Wildman–Crippen MR) is 142 cm³/mol. The number of carbonyl (C=O) groups excluding carboxylic acids is 3. The average Bonchev–Trinajstić information content (AvgIpc) is 2.77. The lowest BCUT2D eigenvalue weighted by atomic mass is 9.96. The number of rotatable bonds is 7. The number of terminal acetylenes is 1. The monoisotopic (exact) mass is 511 g/mol. The number of nitrogens with zero attached hydrogens (tertiary/aromatic N) is 1. The molecule has 0 aliphatic carbocycles. The van der Waals surface area contributed by atoms with Gasteiger partial charge in [0.1, 0.15) is 17.7 Å². The van der Waals surface area contributed by atoms with Gasteiger partial charge in [-0.2, -0.15) is 0 Å². The highest BCUT2D eigenvalue weighted by molar-refractivity contribution is 6.34. The van der Waals surface area contributed by atoms with Crippen LogP contribution in [0.25, 0.3) is 0 Å². The Morgan fingerprint density at radius 1 is 1.03 bits per heavy atom. The first-order chi connectivity index (χ1) is 16.8. The molecule has 0 saturated heterocycles. The van der Waals surface area contributed by atoms with E-state index in [1.165, 1.54) is 0 Å². The minimum Gasteiger partial charge on any atom is -0.444 e. The number of amides is 3. The molecular weight excluding hydrogens is 478 g/mol. The smallest absolute Gasteiger partial charge is 0.408 e. The van der Waals surface area contributed by atoms with Gasteiger partial charge in [-0.25, -0.2) is 4.79 Å². The lowest BCUT2D eigenvalue weighted by Gasteiger charge is -2.32. The van der Waals surface area contributed by atoms with Gasteiger partial charge < -0.3 is 15.4 Å². The average molecular weight is 512 g/mol. The van der Waals surface area contributed by atoms with Crippen LogP contribution in [0.15, 0.2) is 42.5 Å². The second-order valence-electron chi connectivity index (χ2n) is 9.89. The quantitative estimate of drug-likeness (QED) is 0.374. The first-order valence-corrected chi connectivity index (χ1v) is 12.0. The molecule has 0 saturated carbocycles. The van der Waals surface area contributed by atoms with Crippen molar-refractivity contribution in [3.63, 3.8) is 0 Å². The number of hydrogen-bond acceptors (Lipinski definition) is 4. The Hall–Kier alpha value is -3.50. The molecule has 0 aliphatic rings. The molecular formula is C28H34ClN3O4. The molecule has 3 amide bonds. The summed E-state index contributed by atoms with van der Waals surface area (Å²) in [4.78, 5) is 40.9. The lowest BCUT2D eigenvalue weighted by Crippen LogP contribution is -2.53. The van der Waals surface area contributed by atoms with Crippen molar-refractivity contribution < 1.29 is 19.1 Å². The van der Waals surface area contributed by atoms with Crippen LogP contribution in [-0.4, -0.2) is 34.5 Å². The minimum absolute atomic E-state index is 0.340. The van der Waals surface area contributed by atoms with Crippen molar-refractivity contribution in [2.45, 2.75) is 66.2 Å². The summed E-state index contributed by atoms with van der Waals surface area (Å²) < 4.78 is 5.33. The van der Waals surface area contributed by atoms with Gasteiger partial charge in [0.15, 0.2) is 0 Å². The Bertz CT molecular complexity index is 1140. The van der Waals surface area contributed by atoms with E-state index in [0.717, 1.165) is 16.0 Å². The summed E-state index contributed by atoms with van der Waals surface area (Å²) in [5.74, 6) is -1.49. The Kier molecular flexibility index (Phi) is 9.55. The van der Waals surface area contributed by atoms with E-state index in [2.05, 4.69) is 16.7 Å². The second kappa shape index (κ2) is 12.0. The molecule has 2 atom stereocenters. The summed E-state index contributed by atoms with van der Waals surface area (Å²) in [6.07, 6.45) is 5.07. The van der Waals surface area contributed by atoms with Crippen LogP contribution in [0.4, 0.5) is 10.5 Å². The van der Waals surface area contributed by atoms with Crippen LogP contribution in [0, 0.1) is 32.2 Å². The van der Waals surface area contributed by atoms with Crippen molar-refractivity contribution in [3.05, 3.63) is 64.2 Å². The van der Waals surface area contributed by atoms with Gasteiger partial charge in [0.2, 0.25) is 0 Å². The van der Waals surface area contributed by atoms with E-state index in [9.17, 15) is 14.4 Å². The minimum atomic E-state index is -1.18. The third-order valence-corrected chi connectivity index (χ3v) is 5.76. The first-order valence-electron chi connectivity index (χ1n) is 11.7. The van der Waals surface area contributed by atoms with E-state index >= 15 is 0 Å². The third kappa shape index (κ3) is 7.25. The highest BCUT2D eigenvalue weighted by Crippen LogP contribution is 2.30. The number of alkyl carbamates (subject to hydrolysis) is 1. The fourth-order valence-corrected chi connectivity index (χ4v) is 3.91. The summed E-state index contributed by atoms with van der Waals surface area (Å²) >= 11 is 6.34. The number of para-hydroxylation sites is 1. The molecule has 192 valence electrons. The maximum absolute atomic E-state index is 13.7. The summed E-state index contributed by atoms with van der Waals surface area (Å²) in [5, 5.41) is 5.81. The van der Waals surface area contributed by atoms with E-state index in [0.29, 0.717) is 16.3 Å². The van der Waals surface area contributed by atoms with Gasteiger partial charge in [0.05, 0.1) is 10.7 Å². The van der Waals surface area contributed by atoms with Crippen molar-refractivity contribution in [2.24, 2.45) is 5.92 Å². The number of nitrogens with one attached hydrogen (secondary N) is 2. The molecule has 0 aliphatic heterocycles. The van der Waals surface area contributed by atoms with E-state index < -0.39 is 35.6 Å². The Morgan fingerprint density at radius 3 is 2.17 bits per heavy atom. The van der Waals surface area contributed by atoms with E-state index in [4.69, 9.17) is 22.8 Å². The van der Waals surface area contributed by atoms with Crippen molar-refractivity contribution in [1.29, 1.82) is 0 Å². The molecule has 2 N–H and O–H groups in total. The Balaban J connectivity index is 2.51. The second-order valence-corrected chi connectivity index (χ2v) is 10.3. The lowest BCUT2D eigenvalue weighted by molar-refractivity contribution is -0.137. The van der Waals surface area contributed by atoms with E-state index in [1.54, 1.807) is 58.9 Å². The number of benzene rings is 2. The van der Waals surface area contributed by atoms with Crippen molar-refractivity contribution in [1.82, 2.24) is 10.2 Å². The van der Waals surface area contributed by atoms with Gasteiger partial charge in [-0.15, -0.1) is 0 Å². The van der Waals surface area contributed by atoms with Gasteiger partial charge in [0, 0.05) is 6.04 Å². The number of ether oxygens (including phenoxy) is 1. The van der Waals surface area contributed by atoms with Gasteiger partial charge in [-0.1, -0.05) is 68.3 Å². The number of halogens is 1. The number of carbonyl (C=O) groups is 3. The molecule has 0 heterocycles. The maximum Gasteiger partial charge on any atom is 0.408 e. The van der Waals surface area contributed by atoms with Gasteiger partial charge in [-0.05, 0) is 63.3 Å². The van der Waals surface area contributed by atoms with Crippen LogP contribution in [0.1, 0.15) is 57.4 Å². The molecule has 36 heavy (non-hydrogen) atoms. The van der Waals surface area contributed by atoms with Crippen LogP contribution in [0.5, 0.6) is 0 Å². The van der Waals surface area contributed by atoms with Crippen LogP contribution in [0.3, 0.4) is 0 Å².